The largest absolute Gasteiger partial charge is 0.329 e. The van der Waals surface area contributed by atoms with E-state index in [2.05, 4.69) is 16.9 Å². The van der Waals surface area contributed by atoms with Gasteiger partial charge in [0.15, 0.2) is 0 Å². The van der Waals surface area contributed by atoms with Crippen LogP contribution in [0.3, 0.4) is 0 Å². The highest BCUT2D eigenvalue weighted by Crippen LogP contribution is 2.18. The van der Waals surface area contributed by atoms with Crippen LogP contribution < -0.4 is 4.90 Å². The number of aryl methyl sites for hydroxylation is 1. The van der Waals surface area contributed by atoms with Crippen molar-refractivity contribution < 1.29 is 4.79 Å². The second-order valence-corrected chi connectivity index (χ2v) is 3.97. The number of hydrogen-bond acceptors (Lipinski definition) is 2. The molecule has 1 aromatic heterocycles. The van der Waals surface area contributed by atoms with Gasteiger partial charge in [0.05, 0.1) is 6.20 Å². The maximum absolute atomic E-state index is 11.6. The quantitative estimate of drug-likeness (QED) is 0.822. The Morgan fingerprint density at radius 3 is 3.13 bits per heavy atom. The van der Waals surface area contributed by atoms with E-state index in [0.717, 1.165) is 43.9 Å². The summed E-state index contributed by atoms with van der Waals surface area (Å²) in [4.78, 5) is 20.9. The Morgan fingerprint density at radius 1 is 1.53 bits per heavy atom. The normalized spacial score (nSPS) is 17.1. The zero-order chi connectivity index (χ0) is 10.7. The summed E-state index contributed by atoms with van der Waals surface area (Å²) in [5, 5.41) is 0. The molecule has 0 atom stereocenters. The van der Waals surface area contributed by atoms with E-state index in [0.29, 0.717) is 6.42 Å². The van der Waals surface area contributed by atoms with Gasteiger partial charge < -0.3 is 4.98 Å². The van der Waals surface area contributed by atoms with Crippen molar-refractivity contribution in [3.8, 4) is 0 Å². The SMILES string of the molecule is CCCc1ncc(N2CCCCC2=O)[nH]1. The van der Waals surface area contributed by atoms with E-state index in [9.17, 15) is 4.79 Å². The van der Waals surface area contributed by atoms with Gasteiger partial charge in [-0.15, -0.1) is 0 Å². The predicted octanol–water partition coefficient (Wildman–Crippen LogP) is 1.88. The summed E-state index contributed by atoms with van der Waals surface area (Å²) in [7, 11) is 0. The predicted molar refractivity (Wildman–Crippen MR) is 58.8 cm³/mol. The third kappa shape index (κ3) is 2.19. The molecule has 0 unspecified atom stereocenters. The lowest BCUT2D eigenvalue weighted by Gasteiger charge is -2.24. The maximum atomic E-state index is 11.6. The number of hydrogen-bond donors (Lipinski definition) is 1. The fourth-order valence-electron chi connectivity index (χ4n) is 1.91. The summed E-state index contributed by atoms with van der Waals surface area (Å²) < 4.78 is 0. The molecule has 1 N–H and O–H groups in total. The van der Waals surface area contributed by atoms with Gasteiger partial charge in [0.25, 0.3) is 0 Å². The first-order valence-electron chi connectivity index (χ1n) is 5.65. The smallest absolute Gasteiger partial charge is 0.228 e. The molecule has 0 radical (unpaired) electrons. The number of carbonyl (C=O) groups excluding carboxylic acids is 1. The van der Waals surface area contributed by atoms with E-state index >= 15 is 0 Å². The van der Waals surface area contributed by atoms with E-state index < -0.39 is 0 Å². The molecule has 0 spiro atoms. The Labute approximate surface area is 89.7 Å². The average Bonchev–Trinajstić information content (AvgIpc) is 2.68. The molecule has 1 amide bonds. The fraction of sp³-hybridized carbons (Fsp3) is 0.636. The minimum Gasteiger partial charge on any atom is -0.329 e. The van der Waals surface area contributed by atoms with Gasteiger partial charge in [-0.25, -0.2) is 4.98 Å². The van der Waals surface area contributed by atoms with Crippen LogP contribution in [0.15, 0.2) is 6.20 Å². The minimum absolute atomic E-state index is 0.216. The molecule has 0 aromatic carbocycles. The minimum atomic E-state index is 0.216. The van der Waals surface area contributed by atoms with Gasteiger partial charge in [0, 0.05) is 19.4 Å². The Kier molecular flexibility index (Phi) is 3.04. The number of nitrogens with one attached hydrogen (secondary N) is 1. The molecule has 4 heteroatoms. The van der Waals surface area contributed by atoms with Gasteiger partial charge in [0.2, 0.25) is 5.91 Å². The molecule has 0 saturated carbocycles. The molecule has 4 nitrogen and oxygen atoms in total. The Morgan fingerprint density at radius 2 is 2.40 bits per heavy atom. The number of piperidine rings is 1. The molecule has 1 aliphatic heterocycles. The number of aromatic amines is 1. The molecule has 15 heavy (non-hydrogen) atoms. The van der Waals surface area contributed by atoms with Crippen LogP contribution in [0.1, 0.15) is 38.4 Å². The third-order valence-corrected chi connectivity index (χ3v) is 2.72. The molecule has 0 bridgehead atoms. The second-order valence-electron chi connectivity index (χ2n) is 3.97. The Bertz CT molecular complexity index is 345. The molecular formula is C11H17N3O. The first-order chi connectivity index (χ1) is 7.31. The van der Waals surface area contributed by atoms with Crippen molar-refractivity contribution in [3.63, 3.8) is 0 Å². The Balaban J connectivity index is 2.10. The number of imidazole rings is 1. The van der Waals surface area contributed by atoms with Crippen molar-refractivity contribution in [2.75, 3.05) is 11.4 Å². The van der Waals surface area contributed by atoms with Crippen LogP contribution in [0, 0.1) is 0 Å². The van der Waals surface area contributed by atoms with Gasteiger partial charge in [-0.2, -0.15) is 0 Å². The zero-order valence-electron chi connectivity index (χ0n) is 9.12. The van der Waals surface area contributed by atoms with E-state index in [-0.39, 0.29) is 5.91 Å². The lowest BCUT2D eigenvalue weighted by Crippen LogP contribution is -2.35. The lowest BCUT2D eigenvalue weighted by atomic mass is 10.1. The van der Waals surface area contributed by atoms with Gasteiger partial charge in [-0.1, -0.05) is 6.92 Å². The first kappa shape index (κ1) is 10.2. The summed E-state index contributed by atoms with van der Waals surface area (Å²) in [6.45, 7) is 2.95. The fourth-order valence-corrected chi connectivity index (χ4v) is 1.91. The number of carbonyl (C=O) groups is 1. The van der Waals surface area contributed by atoms with E-state index in [1.165, 1.54) is 0 Å². The molecule has 1 aliphatic rings. The Hall–Kier alpha value is -1.32. The van der Waals surface area contributed by atoms with Crippen molar-refractivity contribution in [1.82, 2.24) is 9.97 Å². The van der Waals surface area contributed by atoms with E-state index in [4.69, 9.17) is 0 Å². The molecule has 1 aromatic rings. The van der Waals surface area contributed by atoms with Crippen molar-refractivity contribution in [1.29, 1.82) is 0 Å². The number of aromatic nitrogens is 2. The second kappa shape index (κ2) is 4.47. The summed E-state index contributed by atoms with van der Waals surface area (Å²) >= 11 is 0. The van der Waals surface area contributed by atoms with Gasteiger partial charge in [-0.3, -0.25) is 9.69 Å². The van der Waals surface area contributed by atoms with Crippen LogP contribution in [0.4, 0.5) is 5.82 Å². The number of nitrogens with zero attached hydrogens (tertiary/aromatic N) is 2. The van der Waals surface area contributed by atoms with Crippen LogP contribution >= 0.6 is 0 Å². The van der Waals surface area contributed by atoms with Crippen LogP contribution in [0.5, 0.6) is 0 Å². The molecule has 2 rings (SSSR count). The topological polar surface area (TPSA) is 49.0 Å². The van der Waals surface area contributed by atoms with Gasteiger partial charge in [-0.05, 0) is 19.3 Å². The first-order valence-corrected chi connectivity index (χ1v) is 5.65. The standard InChI is InChI=1S/C11H17N3O/c1-2-5-9-12-8-10(13-9)14-7-4-3-6-11(14)15/h8H,2-7H2,1H3,(H,12,13). The van der Waals surface area contributed by atoms with Crippen LogP contribution in [0.25, 0.3) is 0 Å². The van der Waals surface area contributed by atoms with E-state index in [1.807, 2.05) is 4.90 Å². The molecule has 1 fully saturated rings. The maximum Gasteiger partial charge on any atom is 0.228 e. The summed E-state index contributed by atoms with van der Waals surface area (Å²) in [6.07, 6.45) is 6.57. The number of rotatable bonds is 3. The van der Waals surface area contributed by atoms with Crippen molar-refractivity contribution in [2.45, 2.75) is 39.0 Å². The molecular weight excluding hydrogens is 190 g/mol. The monoisotopic (exact) mass is 207 g/mol. The highest BCUT2D eigenvalue weighted by atomic mass is 16.2. The molecule has 82 valence electrons. The number of anilines is 1. The van der Waals surface area contributed by atoms with Crippen LogP contribution in [-0.4, -0.2) is 22.4 Å². The summed E-state index contributed by atoms with van der Waals surface area (Å²) in [5.41, 5.74) is 0. The lowest BCUT2D eigenvalue weighted by molar-refractivity contribution is -0.119. The summed E-state index contributed by atoms with van der Waals surface area (Å²) in [5.74, 6) is 2.06. The van der Waals surface area contributed by atoms with Crippen molar-refractivity contribution in [3.05, 3.63) is 12.0 Å². The molecule has 1 saturated heterocycles. The number of amides is 1. The highest BCUT2D eigenvalue weighted by molar-refractivity contribution is 5.92. The summed E-state index contributed by atoms with van der Waals surface area (Å²) in [6, 6.07) is 0. The van der Waals surface area contributed by atoms with E-state index in [1.54, 1.807) is 6.20 Å². The van der Waals surface area contributed by atoms with Gasteiger partial charge >= 0.3 is 0 Å². The zero-order valence-corrected chi connectivity index (χ0v) is 9.12. The molecule has 2 heterocycles. The average molecular weight is 207 g/mol. The van der Waals surface area contributed by atoms with Crippen LogP contribution in [0.2, 0.25) is 0 Å². The highest BCUT2D eigenvalue weighted by Gasteiger charge is 2.20. The number of H-pyrrole nitrogens is 1. The van der Waals surface area contributed by atoms with Crippen molar-refractivity contribution >= 4 is 11.7 Å². The third-order valence-electron chi connectivity index (χ3n) is 2.72. The van der Waals surface area contributed by atoms with Gasteiger partial charge in [0.1, 0.15) is 11.6 Å². The molecule has 0 aliphatic carbocycles. The van der Waals surface area contributed by atoms with Crippen molar-refractivity contribution in [2.24, 2.45) is 0 Å². The van der Waals surface area contributed by atoms with Crippen LogP contribution in [-0.2, 0) is 11.2 Å².